The molecule has 6 nitrogen and oxygen atoms in total. The van der Waals surface area contributed by atoms with Gasteiger partial charge in [0, 0.05) is 6.54 Å². The van der Waals surface area contributed by atoms with Crippen LogP contribution < -0.4 is 0 Å². The molecule has 0 atom stereocenters. The lowest BCUT2D eigenvalue weighted by atomic mass is 10.0. The summed E-state index contributed by atoms with van der Waals surface area (Å²) in [7, 11) is 0. The molecule has 0 N–H and O–H groups in total. The first-order chi connectivity index (χ1) is 8.37. The zero-order valence-electron chi connectivity index (χ0n) is 10.3. The third-order valence-corrected chi connectivity index (χ3v) is 4.30. The first kappa shape index (κ1) is 13.4. The quantitative estimate of drug-likeness (QED) is 0.792. The molecular weight excluding hydrogens is 320 g/mol. The maximum atomic E-state index is 12.1. The van der Waals surface area contributed by atoms with Gasteiger partial charge in [0.05, 0.1) is 6.54 Å². The van der Waals surface area contributed by atoms with Crippen LogP contribution in [-0.2, 0) is 11.3 Å². The first-order valence-corrected chi connectivity index (χ1v) is 7.10. The van der Waals surface area contributed by atoms with Gasteiger partial charge in [-0.05, 0) is 36.7 Å². The molecule has 18 heavy (non-hydrogen) atoms. The van der Waals surface area contributed by atoms with Crippen molar-refractivity contribution in [2.24, 2.45) is 0 Å². The van der Waals surface area contributed by atoms with Crippen molar-refractivity contribution in [3.8, 4) is 0 Å². The van der Waals surface area contributed by atoms with Crippen LogP contribution in [0.25, 0.3) is 0 Å². The highest BCUT2D eigenvalue weighted by molar-refractivity contribution is 9.11. The van der Waals surface area contributed by atoms with Gasteiger partial charge >= 0.3 is 6.03 Å². The normalized spacial score (nSPS) is 18.9. The van der Waals surface area contributed by atoms with E-state index in [1.807, 2.05) is 0 Å². The SMILES string of the molecule is CCN1C(=O)N(Cc2nnc(Br)s2)C(C)(C)C1=O. The summed E-state index contributed by atoms with van der Waals surface area (Å²) in [6, 6.07) is -0.265. The molecule has 3 amide bonds. The third-order valence-electron chi connectivity index (χ3n) is 2.96. The Morgan fingerprint density at radius 1 is 1.33 bits per heavy atom. The van der Waals surface area contributed by atoms with Crippen molar-refractivity contribution in [3.05, 3.63) is 8.92 Å². The van der Waals surface area contributed by atoms with E-state index in [-0.39, 0.29) is 11.9 Å². The third kappa shape index (κ3) is 2.03. The molecular formula is C10H13BrN4O2S. The first-order valence-electron chi connectivity index (χ1n) is 5.49. The van der Waals surface area contributed by atoms with Crippen molar-refractivity contribution in [2.45, 2.75) is 32.9 Å². The van der Waals surface area contributed by atoms with Crippen molar-refractivity contribution >= 4 is 39.2 Å². The number of likely N-dealkylation sites (N-methyl/N-ethyl adjacent to an activating group) is 1. The van der Waals surface area contributed by atoms with Crippen LogP contribution in [0.15, 0.2) is 3.92 Å². The molecule has 1 aliphatic heterocycles. The second-order valence-corrected chi connectivity index (χ2v) is 6.76. The van der Waals surface area contributed by atoms with Crippen LogP contribution in [0.2, 0.25) is 0 Å². The lowest BCUT2D eigenvalue weighted by Gasteiger charge is -2.26. The van der Waals surface area contributed by atoms with Crippen molar-refractivity contribution in [3.63, 3.8) is 0 Å². The fraction of sp³-hybridized carbons (Fsp3) is 0.600. The number of amides is 3. The molecule has 1 fully saturated rings. The second-order valence-electron chi connectivity index (χ2n) is 4.43. The molecule has 0 unspecified atom stereocenters. The van der Waals surface area contributed by atoms with E-state index in [0.29, 0.717) is 22.0 Å². The number of carbonyl (C=O) groups is 2. The Balaban J connectivity index is 2.26. The smallest absolute Gasteiger partial charge is 0.303 e. The van der Waals surface area contributed by atoms with E-state index in [4.69, 9.17) is 0 Å². The summed E-state index contributed by atoms with van der Waals surface area (Å²) in [4.78, 5) is 27.0. The highest BCUT2D eigenvalue weighted by Gasteiger charge is 2.50. The van der Waals surface area contributed by atoms with E-state index in [1.54, 1.807) is 20.8 Å². The lowest BCUT2D eigenvalue weighted by Crippen LogP contribution is -2.43. The number of halogens is 1. The van der Waals surface area contributed by atoms with Gasteiger partial charge in [-0.15, -0.1) is 10.2 Å². The molecule has 0 aliphatic carbocycles. The summed E-state index contributed by atoms with van der Waals surface area (Å²) in [5.74, 6) is -0.168. The highest BCUT2D eigenvalue weighted by Crippen LogP contribution is 2.30. The van der Waals surface area contributed by atoms with Gasteiger partial charge in [0.1, 0.15) is 10.5 Å². The van der Waals surface area contributed by atoms with Gasteiger partial charge < -0.3 is 4.90 Å². The second kappa shape index (κ2) is 4.58. The number of rotatable bonds is 3. The number of hydrogen-bond donors (Lipinski definition) is 0. The molecule has 1 aliphatic rings. The van der Waals surface area contributed by atoms with Crippen LogP contribution in [0.4, 0.5) is 4.79 Å². The molecule has 0 bridgehead atoms. The average Bonchev–Trinajstić information content (AvgIpc) is 2.77. The van der Waals surface area contributed by atoms with E-state index in [1.165, 1.54) is 21.1 Å². The topological polar surface area (TPSA) is 66.4 Å². The van der Waals surface area contributed by atoms with Crippen LogP contribution in [0, 0.1) is 0 Å². The Kier molecular flexibility index (Phi) is 3.41. The fourth-order valence-electron chi connectivity index (χ4n) is 1.89. The monoisotopic (exact) mass is 332 g/mol. The van der Waals surface area contributed by atoms with Gasteiger partial charge in [-0.2, -0.15) is 0 Å². The van der Waals surface area contributed by atoms with Crippen LogP contribution in [0.5, 0.6) is 0 Å². The molecule has 0 saturated carbocycles. The molecule has 2 rings (SSSR count). The number of urea groups is 1. The maximum Gasteiger partial charge on any atom is 0.328 e. The zero-order chi connectivity index (χ0) is 13.5. The summed E-state index contributed by atoms with van der Waals surface area (Å²) in [5, 5.41) is 8.49. The average molecular weight is 333 g/mol. The molecule has 1 aromatic heterocycles. The fourth-order valence-corrected chi connectivity index (χ4v) is 3.09. The van der Waals surface area contributed by atoms with E-state index < -0.39 is 5.54 Å². The minimum absolute atomic E-state index is 0.168. The van der Waals surface area contributed by atoms with Crippen molar-refractivity contribution in [1.29, 1.82) is 0 Å². The molecule has 2 heterocycles. The number of nitrogens with zero attached hydrogens (tertiary/aromatic N) is 4. The molecule has 98 valence electrons. The van der Waals surface area contributed by atoms with E-state index >= 15 is 0 Å². The summed E-state index contributed by atoms with van der Waals surface area (Å²) < 4.78 is 0.667. The van der Waals surface area contributed by atoms with Crippen LogP contribution >= 0.6 is 27.3 Å². The minimum Gasteiger partial charge on any atom is -0.303 e. The van der Waals surface area contributed by atoms with E-state index in [0.717, 1.165) is 0 Å². The molecule has 0 radical (unpaired) electrons. The summed E-state index contributed by atoms with van der Waals surface area (Å²) in [5.41, 5.74) is -0.828. The molecule has 0 spiro atoms. The zero-order valence-corrected chi connectivity index (χ0v) is 12.7. The van der Waals surface area contributed by atoms with Gasteiger partial charge in [0.15, 0.2) is 3.92 Å². The largest absolute Gasteiger partial charge is 0.328 e. The van der Waals surface area contributed by atoms with Crippen molar-refractivity contribution in [2.75, 3.05) is 6.54 Å². The standard InChI is InChI=1S/C10H13BrN4O2S/c1-4-14-7(16)10(2,3)15(9(14)17)5-6-12-13-8(11)18-6/h4-5H2,1-3H3. The Labute approximate surface area is 117 Å². The lowest BCUT2D eigenvalue weighted by molar-refractivity contribution is -0.131. The highest BCUT2D eigenvalue weighted by atomic mass is 79.9. The molecule has 1 aromatic rings. The Morgan fingerprint density at radius 2 is 2.00 bits per heavy atom. The number of aromatic nitrogens is 2. The number of imide groups is 1. The summed E-state index contributed by atoms with van der Waals surface area (Å²) in [6.45, 7) is 5.98. The predicted molar refractivity (Wildman–Crippen MR) is 70.0 cm³/mol. The van der Waals surface area contributed by atoms with Gasteiger partial charge in [0.2, 0.25) is 0 Å². The molecule has 8 heteroatoms. The number of hydrogen-bond acceptors (Lipinski definition) is 5. The van der Waals surface area contributed by atoms with E-state index in [9.17, 15) is 9.59 Å². The Hall–Kier alpha value is -1.02. The van der Waals surface area contributed by atoms with Gasteiger partial charge in [-0.3, -0.25) is 9.69 Å². The van der Waals surface area contributed by atoms with Crippen LogP contribution in [0.1, 0.15) is 25.8 Å². The van der Waals surface area contributed by atoms with Gasteiger partial charge in [0.25, 0.3) is 5.91 Å². The van der Waals surface area contributed by atoms with Crippen LogP contribution in [-0.4, -0.2) is 44.0 Å². The Morgan fingerprint density at radius 3 is 2.44 bits per heavy atom. The Bertz CT molecular complexity index is 502. The summed E-state index contributed by atoms with van der Waals surface area (Å²) >= 11 is 4.58. The van der Waals surface area contributed by atoms with Gasteiger partial charge in [-0.1, -0.05) is 11.3 Å². The summed E-state index contributed by atoms with van der Waals surface area (Å²) in [6.07, 6.45) is 0. The minimum atomic E-state index is -0.828. The van der Waals surface area contributed by atoms with Crippen LogP contribution in [0.3, 0.4) is 0 Å². The van der Waals surface area contributed by atoms with E-state index in [2.05, 4.69) is 26.1 Å². The maximum absolute atomic E-state index is 12.1. The molecule has 1 saturated heterocycles. The van der Waals surface area contributed by atoms with Crippen molar-refractivity contribution < 1.29 is 9.59 Å². The number of carbonyl (C=O) groups excluding carboxylic acids is 2. The molecule has 0 aromatic carbocycles. The van der Waals surface area contributed by atoms with Crippen molar-refractivity contribution in [1.82, 2.24) is 20.0 Å². The van der Waals surface area contributed by atoms with Gasteiger partial charge in [-0.25, -0.2) is 4.79 Å². The predicted octanol–water partition coefficient (Wildman–Crippen LogP) is 1.86.